The number of rotatable bonds is 2. The van der Waals surface area contributed by atoms with Crippen LogP contribution < -0.4 is 0 Å². The summed E-state index contributed by atoms with van der Waals surface area (Å²) in [6, 6.07) is 5.59. The van der Waals surface area contributed by atoms with Gasteiger partial charge in [0, 0.05) is 23.0 Å². The van der Waals surface area contributed by atoms with Gasteiger partial charge >= 0.3 is 0 Å². The van der Waals surface area contributed by atoms with Crippen LogP contribution in [0.1, 0.15) is 15.9 Å². The number of nitrogens with one attached hydrogen (secondary N) is 1. The zero-order valence-electron chi connectivity index (χ0n) is 7.63. The van der Waals surface area contributed by atoms with Crippen molar-refractivity contribution >= 4 is 17.4 Å². The predicted molar refractivity (Wildman–Crippen MR) is 55.6 cm³/mol. The van der Waals surface area contributed by atoms with Crippen LogP contribution in [0.4, 0.5) is 4.39 Å². The minimum atomic E-state index is -0.603. The summed E-state index contributed by atoms with van der Waals surface area (Å²) in [5.74, 6) is -0.959. The first-order chi connectivity index (χ1) is 7.18. The van der Waals surface area contributed by atoms with Crippen molar-refractivity contribution in [2.24, 2.45) is 0 Å². The van der Waals surface area contributed by atoms with Gasteiger partial charge in [0.1, 0.15) is 5.82 Å². The summed E-state index contributed by atoms with van der Waals surface area (Å²) in [5, 5.41) is 0.276. The van der Waals surface area contributed by atoms with Gasteiger partial charge in [-0.05, 0) is 24.3 Å². The lowest BCUT2D eigenvalue weighted by Gasteiger charge is -2.00. The summed E-state index contributed by atoms with van der Waals surface area (Å²) in [6.07, 6.45) is 3.14. The molecule has 1 aromatic carbocycles. The number of carbonyl (C=O) groups excluding carboxylic acids is 1. The van der Waals surface area contributed by atoms with Crippen LogP contribution in [0.25, 0.3) is 0 Å². The van der Waals surface area contributed by atoms with E-state index in [1.165, 1.54) is 18.3 Å². The molecule has 0 aliphatic heterocycles. The molecule has 0 radical (unpaired) electrons. The fraction of sp³-hybridized carbons (Fsp3) is 0. The molecular formula is C11H7ClFNO. The van der Waals surface area contributed by atoms with E-state index < -0.39 is 5.82 Å². The van der Waals surface area contributed by atoms with Gasteiger partial charge in [0.25, 0.3) is 0 Å². The topological polar surface area (TPSA) is 32.9 Å². The molecule has 0 aliphatic carbocycles. The van der Waals surface area contributed by atoms with Crippen molar-refractivity contribution in [3.63, 3.8) is 0 Å². The highest BCUT2D eigenvalue weighted by Crippen LogP contribution is 2.17. The number of benzene rings is 1. The number of aromatic nitrogens is 1. The van der Waals surface area contributed by atoms with Crippen LogP contribution in [0.3, 0.4) is 0 Å². The molecule has 4 heteroatoms. The molecule has 0 saturated heterocycles. The zero-order chi connectivity index (χ0) is 10.8. The van der Waals surface area contributed by atoms with Crippen LogP contribution in [0.5, 0.6) is 0 Å². The number of aromatic amines is 1. The minimum Gasteiger partial charge on any atom is -0.367 e. The number of ketones is 1. The van der Waals surface area contributed by atoms with E-state index in [-0.39, 0.29) is 16.4 Å². The highest BCUT2D eigenvalue weighted by molar-refractivity contribution is 6.30. The second-order valence-electron chi connectivity index (χ2n) is 3.05. The third-order valence-corrected chi connectivity index (χ3v) is 2.27. The van der Waals surface area contributed by atoms with Gasteiger partial charge in [-0.1, -0.05) is 11.6 Å². The average molecular weight is 224 g/mol. The van der Waals surface area contributed by atoms with E-state index in [1.54, 1.807) is 12.3 Å². The summed E-state index contributed by atoms with van der Waals surface area (Å²) in [7, 11) is 0. The first kappa shape index (κ1) is 9.93. The number of hydrogen-bond acceptors (Lipinski definition) is 1. The molecule has 0 spiro atoms. The summed E-state index contributed by atoms with van der Waals surface area (Å²) < 4.78 is 13.4. The van der Waals surface area contributed by atoms with Gasteiger partial charge in [-0.2, -0.15) is 0 Å². The molecule has 0 saturated carbocycles. The maximum Gasteiger partial charge on any atom is 0.197 e. The van der Waals surface area contributed by atoms with Crippen molar-refractivity contribution in [1.82, 2.24) is 4.98 Å². The molecule has 0 bridgehead atoms. The van der Waals surface area contributed by atoms with E-state index in [9.17, 15) is 9.18 Å². The minimum absolute atomic E-state index is 0.0269. The Labute approximate surface area is 90.7 Å². The molecule has 0 amide bonds. The number of hydrogen-bond donors (Lipinski definition) is 1. The molecule has 2 nitrogen and oxygen atoms in total. The van der Waals surface area contributed by atoms with Crippen molar-refractivity contribution in [2.75, 3.05) is 0 Å². The summed E-state index contributed by atoms with van der Waals surface area (Å²) >= 11 is 5.59. The standard InChI is InChI=1S/C11H7ClFNO/c12-8-1-2-9(10(13)5-8)11(15)7-3-4-14-6-7/h1-6,14H. The third kappa shape index (κ3) is 1.92. The Morgan fingerprint density at radius 2 is 2.13 bits per heavy atom. The highest BCUT2D eigenvalue weighted by Gasteiger charge is 2.14. The molecule has 1 heterocycles. The number of carbonyl (C=O) groups is 1. The molecule has 1 N–H and O–H groups in total. The van der Waals surface area contributed by atoms with Gasteiger partial charge in [0.15, 0.2) is 5.78 Å². The van der Waals surface area contributed by atoms with Gasteiger partial charge in [-0.3, -0.25) is 4.79 Å². The van der Waals surface area contributed by atoms with Crippen LogP contribution in [-0.2, 0) is 0 Å². The molecule has 0 unspecified atom stereocenters. The van der Waals surface area contributed by atoms with E-state index in [0.29, 0.717) is 5.56 Å². The Kier molecular flexibility index (Phi) is 2.56. The van der Waals surface area contributed by atoms with E-state index >= 15 is 0 Å². The van der Waals surface area contributed by atoms with Crippen molar-refractivity contribution in [3.8, 4) is 0 Å². The van der Waals surface area contributed by atoms with Gasteiger partial charge < -0.3 is 4.98 Å². The number of halogens is 2. The fourth-order valence-corrected chi connectivity index (χ4v) is 1.45. The largest absolute Gasteiger partial charge is 0.367 e. The van der Waals surface area contributed by atoms with Crippen LogP contribution in [0.2, 0.25) is 5.02 Å². The van der Waals surface area contributed by atoms with E-state index in [0.717, 1.165) is 6.07 Å². The second-order valence-corrected chi connectivity index (χ2v) is 3.49. The first-order valence-corrected chi connectivity index (χ1v) is 4.69. The maximum absolute atomic E-state index is 13.4. The molecule has 76 valence electrons. The molecule has 2 aromatic rings. The predicted octanol–water partition coefficient (Wildman–Crippen LogP) is 3.04. The van der Waals surface area contributed by atoms with Crippen LogP contribution in [-0.4, -0.2) is 10.8 Å². The molecule has 1 aromatic heterocycles. The zero-order valence-corrected chi connectivity index (χ0v) is 8.38. The van der Waals surface area contributed by atoms with Crippen LogP contribution >= 0.6 is 11.6 Å². The third-order valence-electron chi connectivity index (χ3n) is 2.04. The lowest BCUT2D eigenvalue weighted by Crippen LogP contribution is -2.02. The normalized spacial score (nSPS) is 10.3. The Hall–Kier alpha value is -1.61. The Morgan fingerprint density at radius 3 is 2.73 bits per heavy atom. The van der Waals surface area contributed by atoms with Crippen molar-refractivity contribution in [3.05, 3.63) is 58.6 Å². The van der Waals surface area contributed by atoms with Crippen molar-refractivity contribution < 1.29 is 9.18 Å². The quantitative estimate of drug-likeness (QED) is 0.780. The van der Waals surface area contributed by atoms with Crippen LogP contribution in [0.15, 0.2) is 36.7 Å². The van der Waals surface area contributed by atoms with E-state index in [4.69, 9.17) is 11.6 Å². The average Bonchev–Trinajstić information content (AvgIpc) is 2.69. The lowest BCUT2D eigenvalue weighted by atomic mass is 10.1. The van der Waals surface area contributed by atoms with Gasteiger partial charge in [-0.25, -0.2) is 4.39 Å². The summed E-state index contributed by atoms with van der Waals surface area (Å²) in [4.78, 5) is 14.5. The first-order valence-electron chi connectivity index (χ1n) is 4.31. The molecule has 0 aliphatic rings. The SMILES string of the molecule is O=C(c1cc[nH]c1)c1ccc(Cl)cc1F. The Bertz CT molecular complexity index is 493. The van der Waals surface area contributed by atoms with E-state index in [2.05, 4.69) is 4.98 Å². The molecule has 0 fully saturated rings. The Morgan fingerprint density at radius 1 is 1.33 bits per heavy atom. The Balaban J connectivity index is 2.42. The maximum atomic E-state index is 13.4. The van der Waals surface area contributed by atoms with Crippen molar-refractivity contribution in [1.29, 1.82) is 0 Å². The highest BCUT2D eigenvalue weighted by atomic mass is 35.5. The second kappa shape index (κ2) is 3.87. The van der Waals surface area contributed by atoms with Gasteiger partial charge in [0.2, 0.25) is 0 Å². The molecule has 15 heavy (non-hydrogen) atoms. The van der Waals surface area contributed by atoms with Gasteiger partial charge in [-0.15, -0.1) is 0 Å². The number of H-pyrrole nitrogens is 1. The molecule has 0 atom stereocenters. The molecule has 2 rings (SSSR count). The fourth-order valence-electron chi connectivity index (χ4n) is 1.29. The van der Waals surface area contributed by atoms with Crippen LogP contribution in [0, 0.1) is 5.82 Å². The monoisotopic (exact) mass is 223 g/mol. The van der Waals surface area contributed by atoms with E-state index in [1.807, 2.05) is 0 Å². The summed E-state index contributed by atoms with van der Waals surface area (Å²) in [5.41, 5.74) is 0.454. The lowest BCUT2D eigenvalue weighted by molar-refractivity contribution is 0.103. The van der Waals surface area contributed by atoms with Crippen molar-refractivity contribution in [2.45, 2.75) is 0 Å². The van der Waals surface area contributed by atoms with Gasteiger partial charge in [0.05, 0.1) is 5.56 Å². The molecular weight excluding hydrogens is 217 g/mol. The summed E-state index contributed by atoms with van der Waals surface area (Å²) in [6.45, 7) is 0. The smallest absolute Gasteiger partial charge is 0.197 e.